The molecule has 2 unspecified atom stereocenters. The molecule has 0 aliphatic heterocycles. The Morgan fingerprint density at radius 1 is 1.07 bits per heavy atom. The number of nitrogens with zero attached hydrogens (tertiary/aromatic N) is 3. The molecule has 1 fully saturated rings. The average Bonchev–Trinajstić information content (AvgIpc) is 3.46. The fourth-order valence-electron chi connectivity index (χ4n) is 2.98. The van der Waals surface area contributed by atoms with Crippen molar-refractivity contribution < 1.29 is 9.47 Å². The number of halogens is 2. The number of anilines is 3. The van der Waals surface area contributed by atoms with Crippen molar-refractivity contribution in [3.63, 3.8) is 0 Å². The van der Waals surface area contributed by atoms with Gasteiger partial charge < -0.3 is 25.8 Å². The molecular weight excluding hydrogens is 427 g/mol. The number of nitrogens with two attached hydrogens (primary N) is 1. The van der Waals surface area contributed by atoms with Crippen LogP contribution in [0, 0.1) is 0 Å². The van der Waals surface area contributed by atoms with Crippen LogP contribution in [0.15, 0.2) is 36.8 Å². The van der Waals surface area contributed by atoms with Gasteiger partial charge in [0.25, 0.3) is 0 Å². The second-order valence-electron chi connectivity index (χ2n) is 6.75. The highest BCUT2D eigenvalue weighted by molar-refractivity contribution is 6.41. The van der Waals surface area contributed by atoms with Crippen LogP contribution in [-0.4, -0.2) is 41.3 Å². The predicted molar refractivity (Wildman–Crippen MR) is 118 cm³/mol. The van der Waals surface area contributed by atoms with Gasteiger partial charge in [-0.15, -0.1) is 0 Å². The summed E-state index contributed by atoms with van der Waals surface area (Å²) in [6.07, 6.45) is 4.08. The molecule has 0 bridgehead atoms. The second kappa shape index (κ2) is 8.51. The number of ether oxygens (including phenoxy) is 2. The molecule has 2 atom stereocenters. The summed E-state index contributed by atoms with van der Waals surface area (Å²) in [5.41, 5.74) is 7.73. The van der Waals surface area contributed by atoms with Crippen LogP contribution >= 0.6 is 23.2 Å². The van der Waals surface area contributed by atoms with E-state index >= 15 is 0 Å². The lowest BCUT2D eigenvalue weighted by Gasteiger charge is -2.17. The summed E-state index contributed by atoms with van der Waals surface area (Å²) in [5.74, 6) is 2.07. The highest BCUT2D eigenvalue weighted by atomic mass is 35.5. The summed E-state index contributed by atoms with van der Waals surface area (Å²) < 4.78 is 10.7. The third-order valence-corrected chi connectivity index (χ3v) is 5.49. The van der Waals surface area contributed by atoms with Gasteiger partial charge in [0, 0.05) is 36.0 Å². The minimum absolute atomic E-state index is 0.159. The molecule has 4 rings (SSSR count). The Balaban J connectivity index is 1.71. The summed E-state index contributed by atoms with van der Waals surface area (Å²) in [5, 5.41) is 7.13. The van der Waals surface area contributed by atoms with Crippen LogP contribution < -0.4 is 25.8 Å². The zero-order valence-corrected chi connectivity index (χ0v) is 17.8. The maximum atomic E-state index is 6.49. The van der Waals surface area contributed by atoms with Crippen LogP contribution in [0.3, 0.4) is 0 Å². The molecular formula is C20H20Cl2N6O2. The van der Waals surface area contributed by atoms with E-state index in [1.165, 1.54) is 20.5 Å². The molecule has 1 aliphatic carbocycles. The molecule has 8 nitrogen and oxygen atoms in total. The first-order valence-electron chi connectivity index (χ1n) is 9.18. The van der Waals surface area contributed by atoms with E-state index in [-0.39, 0.29) is 12.1 Å². The Hall–Kier alpha value is -2.81. The number of benzene rings is 1. The van der Waals surface area contributed by atoms with E-state index in [1.54, 1.807) is 12.3 Å². The molecule has 1 saturated carbocycles. The number of aromatic nitrogens is 3. The maximum Gasteiger partial charge on any atom is 0.143 e. The van der Waals surface area contributed by atoms with Gasteiger partial charge in [-0.25, -0.2) is 15.0 Å². The quantitative estimate of drug-likeness (QED) is 0.497. The molecule has 4 N–H and O–H groups in total. The molecule has 0 spiro atoms. The summed E-state index contributed by atoms with van der Waals surface area (Å²) in [7, 11) is 3.04. The molecule has 3 aromatic rings. The molecule has 30 heavy (non-hydrogen) atoms. The smallest absolute Gasteiger partial charge is 0.143 e. The lowest BCUT2D eigenvalue weighted by molar-refractivity contribution is 0.395. The average molecular weight is 447 g/mol. The fraction of sp³-hybridized carbons (Fsp3) is 0.250. The summed E-state index contributed by atoms with van der Waals surface area (Å²) in [6.45, 7) is 0. The highest BCUT2D eigenvalue weighted by Gasteiger charge is 2.33. The minimum atomic E-state index is 0.159. The third kappa shape index (κ3) is 4.07. The van der Waals surface area contributed by atoms with Crippen LogP contribution in [0.4, 0.5) is 17.3 Å². The van der Waals surface area contributed by atoms with E-state index < -0.39 is 0 Å². The Kier molecular flexibility index (Phi) is 5.80. The molecule has 156 valence electrons. The van der Waals surface area contributed by atoms with E-state index in [1.807, 2.05) is 18.2 Å². The lowest BCUT2D eigenvalue weighted by Crippen LogP contribution is -2.14. The Labute approximate surface area is 183 Å². The molecule has 0 radical (unpaired) electrons. The van der Waals surface area contributed by atoms with Gasteiger partial charge in [0.2, 0.25) is 0 Å². The van der Waals surface area contributed by atoms with Gasteiger partial charge in [0.1, 0.15) is 39.5 Å². The molecule has 2 aromatic heterocycles. The van der Waals surface area contributed by atoms with Crippen LogP contribution in [0.25, 0.3) is 11.3 Å². The molecule has 2 heterocycles. The van der Waals surface area contributed by atoms with E-state index in [9.17, 15) is 0 Å². The lowest BCUT2D eigenvalue weighted by atomic mass is 10.1. The van der Waals surface area contributed by atoms with Gasteiger partial charge in [-0.2, -0.15) is 0 Å². The van der Waals surface area contributed by atoms with Crippen molar-refractivity contribution >= 4 is 40.5 Å². The fourth-order valence-corrected chi connectivity index (χ4v) is 3.57. The van der Waals surface area contributed by atoms with Crippen LogP contribution in [0.2, 0.25) is 10.0 Å². The number of methoxy groups -OCH3 is 2. The molecule has 0 saturated heterocycles. The number of nitrogens with one attached hydrogen (secondary N) is 2. The van der Waals surface area contributed by atoms with Crippen molar-refractivity contribution in [2.24, 2.45) is 5.73 Å². The van der Waals surface area contributed by atoms with Gasteiger partial charge in [0.15, 0.2) is 0 Å². The van der Waals surface area contributed by atoms with Gasteiger partial charge in [-0.1, -0.05) is 23.2 Å². The van der Waals surface area contributed by atoms with Crippen molar-refractivity contribution in [3.05, 3.63) is 46.8 Å². The van der Waals surface area contributed by atoms with Crippen LogP contribution in [-0.2, 0) is 0 Å². The van der Waals surface area contributed by atoms with E-state index in [0.29, 0.717) is 44.6 Å². The topological polar surface area (TPSA) is 107 Å². The van der Waals surface area contributed by atoms with Crippen molar-refractivity contribution in [2.45, 2.75) is 18.5 Å². The van der Waals surface area contributed by atoms with E-state index in [4.69, 9.17) is 38.4 Å². The first-order chi connectivity index (χ1) is 14.5. The Morgan fingerprint density at radius 2 is 1.77 bits per heavy atom. The van der Waals surface area contributed by atoms with E-state index in [0.717, 1.165) is 12.0 Å². The maximum absolute atomic E-state index is 6.49. The van der Waals surface area contributed by atoms with Crippen molar-refractivity contribution in [1.82, 2.24) is 15.0 Å². The number of pyridine rings is 1. The molecule has 1 aliphatic rings. The Bertz CT molecular complexity index is 1050. The number of hydrogen-bond acceptors (Lipinski definition) is 8. The summed E-state index contributed by atoms with van der Waals surface area (Å²) >= 11 is 13.0. The largest absolute Gasteiger partial charge is 0.495 e. The zero-order valence-electron chi connectivity index (χ0n) is 16.3. The molecule has 10 heteroatoms. The summed E-state index contributed by atoms with van der Waals surface area (Å²) in [6, 6.07) is 7.58. The van der Waals surface area contributed by atoms with Gasteiger partial charge in [-0.3, -0.25) is 0 Å². The molecule has 0 amide bonds. The normalized spacial score (nSPS) is 17.4. The Morgan fingerprint density at radius 3 is 2.40 bits per heavy atom. The third-order valence-electron chi connectivity index (χ3n) is 4.74. The minimum Gasteiger partial charge on any atom is -0.495 e. The highest BCUT2D eigenvalue weighted by Crippen LogP contribution is 2.45. The van der Waals surface area contributed by atoms with Crippen molar-refractivity contribution in [1.29, 1.82) is 0 Å². The van der Waals surface area contributed by atoms with Gasteiger partial charge >= 0.3 is 0 Å². The number of rotatable bonds is 7. The SMILES string of the molecule is COc1cc(OC)c(Cl)c(Nc2ncccc2-c2cc(NC3CC3N)ncn2)c1Cl. The first-order valence-corrected chi connectivity index (χ1v) is 9.94. The zero-order chi connectivity index (χ0) is 21.3. The standard InChI is InChI=1S/C20H20Cl2N6O2/c1-29-14-8-15(30-2)18(22)19(17(14)21)28-20-10(4-3-5-24-20)12-7-16(26-9-25-12)27-13-6-11(13)23/h3-5,7-9,11,13H,6,23H2,1-2H3,(H,24,28)(H,25,26,27). The van der Waals surface area contributed by atoms with Crippen molar-refractivity contribution in [3.8, 4) is 22.8 Å². The first kappa shape index (κ1) is 20.5. The predicted octanol–water partition coefficient (Wildman–Crippen LogP) is 4.12. The van der Waals surface area contributed by atoms with Crippen LogP contribution in [0.1, 0.15) is 6.42 Å². The monoisotopic (exact) mass is 446 g/mol. The number of hydrogen-bond donors (Lipinski definition) is 3. The summed E-state index contributed by atoms with van der Waals surface area (Å²) in [4.78, 5) is 13.1. The van der Waals surface area contributed by atoms with Gasteiger partial charge in [-0.05, 0) is 18.6 Å². The van der Waals surface area contributed by atoms with Gasteiger partial charge in [0.05, 0.1) is 25.6 Å². The molecule has 1 aromatic carbocycles. The van der Waals surface area contributed by atoms with Crippen LogP contribution in [0.5, 0.6) is 11.5 Å². The van der Waals surface area contributed by atoms with E-state index in [2.05, 4.69) is 25.6 Å². The second-order valence-corrected chi connectivity index (χ2v) is 7.50. The van der Waals surface area contributed by atoms with Crippen molar-refractivity contribution in [2.75, 3.05) is 24.9 Å².